The van der Waals surface area contributed by atoms with Crippen LogP contribution in [0.3, 0.4) is 0 Å². The molecule has 19 nitrogen and oxygen atoms in total. The van der Waals surface area contributed by atoms with Gasteiger partial charge in [0.25, 0.3) is 0 Å². The number of rotatable bonds is 65. The Kier molecular flexibility index (Phi) is 60.4. The van der Waals surface area contributed by atoms with Crippen molar-refractivity contribution < 1.29 is 89.4 Å². The summed E-state index contributed by atoms with van der Waals surface area (Å²) < 4.78 is 34.5. The summed E-state index contributed by atoms with van der Waals surface area (Å²) in [4.78, 5) is 13.5. The minimum Gasteiger partial charge on any atom is -0.394 e. The first kappa shape index (κ1) is 97.1. The molecule has 0 radical (unpaired) electrons. The number of allylic oxidation sites excluding steroid dienone is 22. The van der Waals surface area contributed by atoms with E-state index in [1.165, 1.54) is 135 Å². The second-order valence-electron chi connectivity index (χ2n) is 29.2. The van der Waals surface area contributed by atoms with E-state index in [-0.39, 0.29) is 18.9 Å². The van der Waals surface area contributed by atoms with Gasteiger partial charge in [-0.3, -0.25) is 4.79 Å². The van der Waals surface area contributed by atoms with Crippen LogP contribution in [0.4, 0.5) is 0 Å². The summed E-state index contributed by atoms with van der Waals surface area (Å²) in [7, 11) is 0. The predicted molar refractivity (Wildman–Crippen MR) is 429 cm³/mol. The Balaban J connectivity index is 1.38. The van der Waals surface area contributed by atoms with E-state index < -0.39 is 124 Å². The largest absolute Gasteiger partial charge is 0.394 e. The third-order valence-electron chi connectivity index (χ3n) is 20.0. The van der Waals surface area contributed by atoms with E-state index in [1.807, 2.05) is 0 Å². The molecular formula is C88H149NO18. The van der Waals surface area contributed by atoms with Crippen LogP contribution >= 0.6 is 0 Å². The van der Waals surface area contributed by atoms with Crippen LogP contribution in [0.5, 0.6) is 0 Å². The fourth-order valence-electron chi connectivity index (χ4n) is 13.3. The maximum atomic E-state index is 13.5. The van der Waals surface area contributed by atoms with Crippen LogP contribution in [0.15, 0.2) is 134 Å². The molecule has 17 atom stereocenters. The molecule has 0 aromatic rings. The molecule has 3 aliphatic rings. The monoisotopic (exact) mass is 1510 g/mol. The second kappa shape index (κ2) is 66.5. The summed E-state index contributed by atoms with van der Waals surface area (Å²) in [5, 5.41) is 121. The molecule has 3 rings (SSSR count). The number of hydrogen-bond donors (Lipinski definition) is 12. The normalized spacial score (nSPS) is 26.2. The summed E-state index contributed by atoms with van der Waals surface area (Å²) >= 11 is 0. The average Bonchev–Trinajstić information content (AvgIpc) is 0.781. The van der Waals surface area contributed by atoms with Gasteiger partial charge in [0.1, 0.15) is 73.2 Å². The zero-order valence-corrected chi connectivity index (χ0v) is 65.8. The van der Waals surface area contributed by atoms with Gasteiger partial charge in [0, 0.05) is 6.42 Å². The molecule has 3 heterocycles. The Hall–Kier alpha value is -4.07. The van der Waals surface area contributed by atoms with Crippen molar-refractivity contribution in [2.45, 2.75) is 388 Å². The van der Waals surface area contributed by atoms with Crippen LogP contribution in [0.1, 0.15) is 284 Å². The fraction of sp³-hybridized carbons (Fsp3) is 0.739. The number of amides is 1. The van der Waals surface area contributed by atoms with Crippen molar-refractivity contribution in [2.24, 2.45) is 0 Å². The molecule has 0 aromatic heterocycles. The third kappa shape index (κ3) is 45.9. The Labute approximate surface area is 645 Å². The van der Waals surface area contributed by atoms with E-state index in [1.54, 1.807) is 0 Å². The van der Waals surface area contributed by atoms with Crippen LogP contribution in [0, 0.1) is 0 Å². The zero-order chi connectivity index (χ0) is 77.4. The molecule has 3 saturated heterocycles. The van der Waals surface area contributed by atoms with Gasteiger partial charge in [0.15, 0.2) is 18.9 Å². The molecule has 0 bridgehead atoms. The Morgan fingerprint density at radius 3 is 1.00 bits per heavy atom. The van der Waals surface area contributed by atoms with Gasteiger partial charge in [-0.25, -0.2) is 0 Å². The van der Waals surface area contributed by atoms with Gasteiger partial charge in [0.2, 0.25) is 5.91 Å². The van der Waals surface area contributed by atoms with Gasteiger partial charge in [-0.2, -0.15) is 0 Å². The lowest BCUT2D eigenvalue weighted by Gasteiger charge is -2.48. The lowest BCUT2D eigenvalue weighted by Crippen LogP contribution is -2.66. The van der Waals surface area contributed by atoms with E-state index in [2.05, 4.69) is 153 Å². The van der Waals surface area contributed by atoms with Gasteiger partial charge < -0.3 is 89.9 Å². The van der Waals surface area contributed by atoms with Crippen LogP contribution in [-0.2, 0) is 33.2 Å². The molecule has 17 unspecified atom stereocenters. The fourth-order valence-corrected chi connectivity index (χ4v) is 13.3. The maximum Gasteiger partial charge on any atom is 0.220 e. The number of aliphatic hydroxyl groups excluding tert-OH is 11. The number of unbranched alkanes of at least 4 members (excludes halogenated alkanes) is 27. The van der Waals surface area contributed by atoms with Crippen LogP contribution < -0.4 is 5.32 Å². The van der Waals surface area contributed by atoms with Crippen molar-refractivity contribution in [3.05, 3.63) is 134 Å². The van der Waals surface area contributed by atoms with E-state index in [0.29, 0.717) is 19.3 Å². The Morgan fingerprint density at radius 1 is 0.346 bits per heavy atom. The number of carbonyl (C=O) groups excluding carboxylic acids is 1. The predicted octanol–water partition coefficient (Wildman–Crippen LogP) is 14.8. The summed E-state index contributed by atoms with van der Waals surface area (Å²) in [5.74, 6) is -0.277. The second-order valence-corrected chi connectivity index (χ2v) is 29.2. The highest BCUT2D eigenvalue weighted by atomic mass is 16.8. The van der Waals surface area contributed by atoms with E-state index in [9.17, 15) is 61.0 Å². The SMILES string of the molecule is CC/C=C\C/C=C\C/C=C\C/C=C\C/C=C\C/C=C\C/C=C\C/C=C\C/C=C\C/C=C\C/C=C\CCCCCC(=O)NC(COC1OC(CO)C(OC2OC(CO)C(OC3OC(CO)C(O)C(O)C3O)C(O)C2O)C(O)C1O)C(O)CCCCCCCCCCCCCCCCCCCCCCCCCCC. The standard InChI is InChI=1S/C88H149NO18/c1-3-5-7-9-11-13-15-17-19-21-23-25-27-29-30-31-32-33-34-35-36-37-38-39-40-42-44-46-48-50-52-54-56-58-60-62-64-66-76(94)89-71(72(93)65-63-61-59-57-55-53-51-49-47-45-43-41-28-26-24-22-20-18-16-14-12-10-8-6-4-2)70-102-86-82(100)79(97)84(74(68-91)104-86)107-88-83(101)80(98)85(75(69-92)105-88)106-87-81(99)78(96)77(95)73(67-90)103-87/h5,7,11,13,17,19,23,25,29-30,32-33,35-36,38-39,42,44,48,50,54,56,71-75,77-88,90-93,95-101H,3-4,6,8-10,12,14-16,18,20-22,24,26-28,31,34,37,40-41,43,45-47,49,51-53,55,57-70H2,1-2H3,(H,89,94)/b7-5-,13-11-,19-17-,25-23-,30-29-,33-32-,36-35-,39-38-,44-42-,50-48-,56-54-. The number of hydrogen-bond acceptors (Lipinski definition) is 18. The molecule has 0 aliphatic carbocycles. The van der Waals surface area contributed by atoms with Crippen molar-refractivity contribution in [1.29, 1.82) is 0 Å². The minimum absolute atomic E-state index is 0.218. The van der Waals surface area contributed by atoms with Gasteiger partial charge >= 0.3 is 0 Å². The number of carbonyl (C=O) groups is 1. The summed E-state index contributed by atoms with van der Waals surface area (Å²) in [6.45, 7) is 1.68. The lowest BCUT2D eigenvalue weighted by molar-refractivity contribution is -0.379. The highest BCUT2D eigenvalue weighted by molar-refractivity contribution is 5.76. The molecule has 0 spiro atoms. The van der Waals surface area contributed by atoms with Crippen LogP contribution in [0.25, 0.3) is 0 Å². The molecule has 1 amide bonds. The number of aliphatic hydroxyl groups is 11. The Morgan fingerprint density at radius 2 is 0.645 bits per heavy atom. The zero-order valence-electron chi connectivity index (χ0n) is 65.8. The molecule has 3 aliphatic heterocycles. The van der Waals surface area contributed by atoms with Crippen molar-refractivity contribution in [1.82, 2.24) is 5.32 Å². The van der Waals surface area contributed by atoms with Crippen molar-refractivity contribution in [3.8, 4) is 0 Å². The first-order valence-corrected chi connectivity index (χ1v) is 41.9. The lowest BCUT2D eigenvalue weighted by atomic mass is 9.96. The van der Waals surface area contributed by atoms with Crippen molar-refractivity contribution in [2.75, 3.05) is 26.4 Å². The molecule has 19 heteroatoms. The van der Waals surface area contributed by atoms with Crippen LogP contribution in [0.2, 0.25) is 0 Å². The van der Waals surface area contributed by atoms with Crippen molar-refractivity contribution >= 4 is 5.91 Å². The number of nitrogens with one attached hydrogen (secondary N) is 1. The molecule has 0 saturated carbocycles. The molecule has 3 fully saturated rings. The molecule has 107 heavy (non-hydrogen) atoms. The summed E-state index contributed by atoms with van der Waals surface area (Å²) in [5.41, 5.74) is 0. The van der Waals surface area contributed by atoms with Gasteiger partial charge in [-0.05, 0) is 96.3 Å². The average molecular weight is 1510 g/mol. The van der Waals surface area contributed by atoms with E-state index >= 15 is 0 Å². The molecular weight excluding hydrogens is 1360 g/mol. The topological polar surface area (TPSA) is 307 Å². The highest BCUT2D eigenvalue weighted by Gasteiger charge is 2.54. The summed E-state index contributed by atoms with van der Waals surface area (Å²) in [6, 6.07) is -0.917. The smallest absolute Gasteiger partial charge is 0.220 e. The third-order valence-corrected chi connectivity index (χ3v) is 20.0. The molecule has 614 valence electrons. The Bertz CT molecular complexity index is 2450. The highest BCUT2D eigenvalue weighted by Crippen LogP contribution is 2.33. The first-order chi connectivity index (χ1) is 52.3. The maximum absolute atomic E-state index is 13.5. The van der Waals surface area contributed by atoms with E-state index in [4.69, 9.17) is 28.4 Å². The van der Waals surface area contributed by atoms with Crippen molar-refractivity contribution in [3.63, 3.8) is 0 Å². The molecule has 0 aromatic carbocycles. The van der Waals surface area contributed by atoms with Gasteiger partial charge in [-0.15, -0.1) is 0 Å². The van der Waals surface area contributed by atoms with Crippen LogP contribution in [-0.4, -0.2) is 193 Å². The quantitative estimate of drug-likeness (QED) is 0.0199. The number of ether oxygens (including phenoxy) is 6. The first-order valence-electron chi connectivity index (χ1n) is 41.9. The minimum atomic E-state index is -1.98. The van der Waals surface area contributed by atoms with Gasteiger partial charge in [-0.1, -0.05) is 314 Å². The molecule has 12 N–H and O–H groups in total. The summed E-state index contributed by atoms with van der Waals surface area (Å²) in [6.07, 6.45) is 68.2. The van der Waals surface area contributed by atoms with E-state index in [0.717, 1.165) is 109 Å². The van der Waals surface area contributed by atoms with Gasteiger partial charge in [0.05, 0.1) is 38.6 Å².